The van der Waals surface area contributed by atoms with Gasteiger partial charge >= 0.3 is 0 Å². The highest BCUT2D eigenvalue weighted by Crippen LogP contribution is 2.31. The third-order valence-electron chi connectivity index (χ3n) is 3.06. The van der Waals surface area contributed by atoms with Crippen LogP contribution in [0.3, 0.4) is 0 Å². The molecule has 0 saturated carbocycles. The van der Waals surface area contributed by atoms with Gasteiger partial charge in [-0.1, -0.05) is 0 Å². The Bertz CT molecular complexity index is 735. The molecule has 2 heteroatoms. The third-order valence-corrected chi connectivity index (χ3v) is 3.06. The summed E-state index contributed by atoms with van der Waals surface area (Å²) in [5.41, 5.74) is 1.85. The molecule has 0 unspecified atom stereocenters. The molecule has 2 nitrogen and oxygen atoms in total. The molecule has 0 aliphatic carbocycles. The fourth-order valence-corrected chi connectivity index (χ4v) is 2.31. The molecular weight excluding hydrogens is 200 g/mol. The lowest BCUT2D eigenvalue weighted by Gasteiger charge is -1.99. The van der Waals surface area contributed by atoms with Crippen LogP contribution in [0.5, 0.6) is 0 Å². The SMILES string of the molecule is c1cc2c(ccc3c4ccoc4ccc23)o1. The monoisotopic (exact) mass is 208 g/mol. The van der Waals surface area contributed by atoms with Crippen LogP contribution in [0.15, 0.2) is 57.8 Å². The summed E-state index contributed by atoms with van der Waals surface area (Å²) in [6, 6.07) is 12.2. The fraction of sp³-hybridized carbons (Fsp3) is 0. The standard InChI is InChI=1S/C14H8O2/c1-3-13-12(6-8-15-13)10-2-4-14-11(9(1)10)5-7-16-14/h1-8H. The zero-order chi connectivity index (χ0) is 10.5. The Morgan fingerprint density at radius 1 is 0.500 bits per heavy atom. The first kappa shape index (κ1) is 7.99. The van der Waals surface area contributed by atoms with Gasteiger partial charge in [0.25, 0.3) is 0 Å². The Morgan fingerprint density at radius 3 is 1.50 bits per heavy atom. The molecule has 2 aromatic carbocycles. The van der Waals surface area contributed by atoms with E-state index in [0.717, 1.165) is 21.9 Å². The van der Waals surface area contributed by atoms with E-state index in [0.29, 0.717) is 0 Å². The first-order valence-corrected chi connectivity index (χ1v) is 5.20. The summed E-state index contributed by atoms with van der Waals surface area (Å²) in [6.07, 6.45) is 3.45. The number of rotatable bonds is 0. The van der Waals surface area contributed by atoms with Gasteiger partial charge in [-0.2, -0.15) is 0 Å². The van der Waals surface area contributed by atoms with E-state index in [1.807, 2.05) is 24.3 Å². The van der Waals surface area contributed by atoms with Crippen LogP contribution in [0, 0.1) is 0 Å². The highest BCUT2D eigenvalue weighted by Gasteiger charge is 2.06. The van der Waals surface area contributed by atoms with E-state index in [1.165, 1.54) is 10.8 Å². The summed E-state index contributed by atoms with van der Waals surface area (Å²) in [6.45, 7) is 0. The minimum absolute atomic E-state index is 0.926. The van der Waals surface area contributed by atoms with Crippen LogP contribution in [0.1, 0.15) is 0 Å². The van der Waals surface area contributed by atoms with Gasteiger partial charge in [-0.25, -0.2) is 0 Å². The quantitative estimate of drug-likeness (QED) is 0.430. The van der Waals surface area contributed by atoms with Gasteiger partial charge in [-0.3, -0.25) is 0 Å². The minimum atomic E-state index is 0.926. The Kier molecular flexibility index (Phi) is 1.33. The van der Waals surface area contributed by atoms with Crippen molar-refractivity contribution in [2.75, 3.05) is 0 Å². The number of hydrogen-bond acceptors (Lipinski definition) is 2. The Hall–Kier alpha value is -2.22. The predicted molar refractivity (Wildman–Crippen MR) is 63.5 cm³/mol. The van der Waals surface area contributed by atoms with Crippen LogP contribution in [0.4, 0.5) is 0 Å². The topological polar surface area (TPSA) is 26.3 Å². The third kappa shape index (κ3) is 0.865. The van der Waals surface area contributed by atoms with E-state index in [1.54, 1.807) is 12.5 Å². The largest absolute Gasteiger partial charge is 0.464 e. The maximum absolute atomic E-state index is 5.40. The van der Waals surface area contributed by atoms with Crippen molar-refractivity contribution in [3.8, 4) is 0 Å². The van der Waals surface area contributed by atoms with Crippen LogP contribution in [0.2, 0.25) is 0 Å². The number of furan rings is 2. The molecule has 0 fully saturated rings. The average molecular weight is 208 g/mol. The van der Waals surface area contributed by atoms with Crippen LogP contribution < -0.4 is 0 Å². The highest BCUT2D eigenvalue weighted by molar-refractivity contribution is 6.15. The first-order valence-electron chi connectivity index (χ1n) is 5.20. The summed E-state index contributed by atoms with van der Waals surface area (Å²) in [7, 11) is 0. The van der Waals surface area contributed by atoms with Crippen molar-refractivity contribution in [3.05, 3.63) is 48.9 Å². The second kappa shape index (κ2) is 2.67. The molecule has 4 aromatic rings. The van der Waals surface area contributed by atoms with E-state index in [2.05, 4.69) is 12.1 Å². The van der Waals surface area contributed by atoms with E-state index in [4.69, 9.17) is 8.83 Å². The average Bonchev–Trinajstić information content (AvgIpc) is 2.96. The summed E-state index contributed by atoms with van der Waals surface area (Å²) >= 11 is 0. The molecule has 2 aromatic heterocycles. The Labute approximate surface area is 91.1 Å². The van der Waals surface area contributed by atoms with Gasteiger partial charge in [-0.05, 0) is 47.2 Å². The molecule has 0 spiro atoms. The second-order valence-electron chi connectivity index (χ2n) is 3.89. The number of benzene rings is 2. The summed E-state index contributed by atoms with van der Waals surface area (Å²) in [5, 5.41) is 4.72. The van der Waals surface area contributed by atoms with Crippen molar-refractivity contribution in [1.82, 2.24) is 0 Å². The lowest BCUT2D eigenvalue weighted by Crippen LogP contribution is -1.74. The van der Waals surface area contributed by atoms with E-state index < -0.39 is 0 Å². The maximum Gasteiger partial charge on any atom is 0.134 e. The molecule has 0 N–H and O–H groups in total. The molecule has 4 rings (SSSR count). The predicted octanol–water partition coefficient (Wildman–Crippen LogP) is 4.33. The maximum atomic E-state index is 5.40. The molecule has 2 heterocycles. The van der Waals surface area contributed by atoms with Crippen molar-refractivity contribution in [1.29, 1.82) is 0 Å². The summed E-state index contributed by atoms with van der Waals surface area (Å²) in [4.78, 5) is 0. The number of hydrogen-bond donors (Lipinski definition) is 0. The molecule has 0 radical (unpaired) electrons. The zero-order valence-electron chi connectivity index (χ0n) is 8.44. The molecule has 0 aliphatic rings. The van der Waals surface area contributed by atoms with Crippen molar-refractivity contribution in [2.24, 2.45) is 0 Å². The molecular formula is C14H8O2. The van der Waals surface area contributed by atoms with Crippen LogP contribution in [0.25, 0.3) is 32.7 Å². The van der Waals surface area contributed by atoms with Crippen molar-refractivity contribution in [2.45, 2.75) is 0 Å². The summed E-state index contributed by atoms with van der Waals surface area (Å²) in [5.74, 6) is 0. The molecule has 0 bridgehead atoms. The van der Waals surface area contributed by atoms with Gasteiger partial charge in [-0.15, -0.1) is 0 Å². The van der Waals surface area contributed by atoms with Gasteiger partial charge in [0, 0.05) is 10.8 Å². The van der Waals surface area contributed by atoms with E-state index in [9.17, 15) is 0 Å². The van der Waals surface area contributed by atoms with Gasteiger partial charge in [0.2, 0.25) is 0 Å². The van der Waals surface area contributed by atoms with Crippen LogP contribution in [-0.4, -0.2) is 0 Å². The lowest BCUT2D eigenvalue weighted by atomic mass is 10.0. The molecule has 0 amide bonds. The van der Waals surface area contributed by atoms with Crippen molar-refractivity contribution < 1.29 is 8.83 Å². The van der Waals surface area contributed by atoms with E-state index >= 15 is 0 Å². The normalized spacial score (nSPS) is 11.8. The zero-order valence-corrected chi connectivity index (χ0v) is 8.44. The van der Waals surface area contributed by atoms with Crippen molar-refractivity contribution in [3.63, 3.8) is 0 Å². The first-order chi connectivity index (χ1) is 7.93. The lowest BCUT2D eigenvalue weighted by molar-refractivity contribution is 0.615. The summed E-state index contributed by atoms with van der Waals surface area (Å²) < 4.78 is 10.8. The van der Waals surface area contributed by atoms with Gasteiger partial charge in [0.05, 0.1) is 12.5 Å². The van der Waals surface area contributed by atoms with Crippen molar-refractivity contribution >= 4 is 32.7 Å². The van der Waals surface area contributed by atoms with Gasteiger partial charge in [0.15, 0.2) is 0 Å². The second-order valence-corrected chi connectivity index (χ2v) is 3.89. The molecule has 16 heavy (non-hydrogen) atoms. The van der Waals surface area contributed by atoms with E-state index in [-0.39, 0.29) is 0 Å². The van der Waals surface area contributed by atoms with Gasteiger partial charge in [0.1, 0.15) is 11.2 Å². The van der Waals surface area contributed by atoms with Crippen LogP contribution in [-0.2, 0) is 0 Å². The Balaban J connectivity index is 2.38. The smallest absolute Gasteiger partial charge is 0.134 e. The molecule has 0 atom stereocenters. The minimum Gasteiger partial charge on any atom is -0.464 e. The van der Waals surface area contributed by atoms with Gasteiger partial charge < -0.3 is 8.83 Å². The molecule has 76 valence electrons. The number of fused-ring (bicyclic) bond motifs is 5. The molecule has 0 saturated heterocycles. The Morgan fingerprint density at radius 2 is 1.00 bits per heavy atom. The fourth-order valence-electron chi connectivity index (χ4n) is 2.31. The molecule has 0 aliphatic heterocycles. The van der Waals surface area contributed by atoms with Crippen LogP contribution >= 0.6 is 0 Å². The highest BCUT2D eigenvalue weighted by atomic mass is 16.3.